The Hall–Kier alpha value is -1.59. The van der Waals surface area contributed by atoms with Crippen LogP contribution >= 0.6 is 0 Å². The maximum atomic E-state index is 11.7. The van der Waals surface area contributed by atoms with Crippen LogP contribution < -0.4 is 0 Å². The second-order valence-electron chi connectivity index (χ2n) is 3.88. The highest BCUT2D eigenvalue weighted by atomic mass is 16.5. The highest BCUT2D eigenvalue weighted by Gasteiger charge is 2.41. The van der Waals surface area contributed by atoms with E-state index in [0.717, 1.165) is 0 Å². The van der Waals surface area contributed by atoms with Gasteiger partial charge in [0.2, 0.25) is 0 Å². The molecule has 1 amide bonds. The van der Waals surface area contributed by atoms with Crippen LogP contribution in [-0.2, 0) is 23.9 Å². The van der Waals surface area contributed by atoms with E-state index in [-0.39, 0.29) is 24.5 Å². The minimum atomic E-state index is -0.870. The maximum Gasteiger partial charge on any atom is 0.397 e. The summed E-state index contributed by atoms with van der Waals surface area (Å²) in [4.78, 5) is 35.8. The molecule has 0 saturated carbocycles. The number of carbonyl (C=O) groups excluding carboxylic acids is 3. The van der Waals surface area contributed by atoms with Crippen molar-refractivity contribution in [2.45, 2.75) is 26.3 Å². The minimum Gasteiger partial charge on any atom is -0.469 e. The van der Waals surface area contributed by atoms with Gasteiger partial charge in [-0.1, -0.05) is 0 Å². The Morgan fingerprint density at radius 2 is 2.00 bits per heavy atom. The molecular weight excluding hydrogens is 226 g/mol. The highest BCUT2D eigenvalue weighted by Crippen LogP contribution is 2.25. The Morgan fingerprint density at radius 1 is 1.35 bits per heavy atom. The van der Waals surface area contributed by atoms with E-state index in [9.17, 15) is 14.4 Å². The molecule has 6 heteroatoms. The lowest BCUT2D eigenvalue weighted by Crippen LogP contribution is -2.42. The molecule has 2 atom stereocenters. The second kappa shape index (κ2) is 5.65. The Kier molecular flexibility index (Phi) is 4.48. The lowest BCUT2D eigenvalue weighted by atomic mass is 10.0. The molecule has 0 spiro atoms. The molecule has 6 nitrogen and oxygen atoms in total. The molecule has 96 valence electrons. The van der Waals surface area contributed by atoms with Crippen molar-refractivity contribution in [2.75, 3.05) is 20.3 Å². The molecule has 1 saturated heterocycles. The minimum absolute atomic E-state index is 0.160. The second-order valence-corrected chi connectivity index (χ2v) is 3.88. The highest BCUT2D eigenvalue weighted by molar-refractivity contribution is 6.32. The van der Waals surface area contributed by atoms with E-state index in [1.807, 2.05) is 0 Å². The summed E-state index contributed by atoms with van der Waals surface area (Å²) in [7, 11) is 1.31. The van der Waals surface area contributed by atoms with Crippen LogP contribution in [0.1, 0.15) is 20.3 Å². The van der Waals surface area contributed by atoms with Crippen molar-refractivity contribution in [3.05, 3.63) is 0 Å². The molecule has 0 unspecified atom stereocenters. The number of rotatable bonds is 2. The first-order valence-electron chi connectivity index (χ1n) is 5.58. The fourth-order valence-electron chi connectivity index (χ4n) is 2.00. The molecule has 0 aliphatic carbocycles. The first-order valence-corrected chi connectivity index (χ1v) is 5.58. The number of hydrogen-bond acceptors (Lipinski definition) is 5. The molecule has 1 aliphatic heterocycles. The van der Waals surface area contributed by atoms with Gasteiger partial charge in [0.25, 0.3) is 0 Å². The third-order valence-electron chi connectivity index (χ3n) is 2.97. The van der Waals surface area contributed by atoms with Crippen LogP contribution in [0.5, 0.6) is 0 Å². The summed E-state index contributed by atoms with van der Waals surface area (Å²) in [5.74, 6) is -2.27. The topological polar surface area (TPSA) is 72.9 Å². The predicted molar refractivity (Wildman–Crippen MR) is 57.9 cm³/mol. The third kappa shape index (κ3) is 2.75. The standard InChI is InChI=1S/C11H17NO5/c1-4-17-11(15)9(13)12-6-5-8(7(12)2)10(14)16-3/h7-8H,4-6H2,1-3H3/t7-,8-/m0/s1. The average Bonchev–Trinajstić information content (AvgIpc) is 2.69. The summed E-state index contributed by atoms with van der Waals surface area (Å²) in [6.07, 6.45) is 0.513. The zero-order valence-corrected chi connectivity index (χ0v) is 10.3. The fraction of sp³-hybridized carbons (Fsp3) is 0.727. The molecule has 1 aliphatic rings. The van der Waals surface area contributed by atoms with Crippen LogP contribution in [0.3, 0.4) is 0 Å². The molecule has 1 fully saturated rings. The summed E-state index contributed by atoms with van der Waals surface area (Å²) in [5.41, 5.74) is 0. The molecule has 0 N–H and O–H groups in total. The molecule has 0 aromatic heterocycles. The number of carbonyl (C=O) groups is 3. The normalized spacial score (nSPS) is 23.4. The van der Waals surface area contributed by atoms with E-state index in [0.29, 0.717) is 13.0 Å². The Bertz CT molecular complexity index is 328. The number of esters is 2. The van der Waals surface area contributed by atoms with Crippen LogP contribution in [0, 0.1) is 5.92 Å². The summed E-state index contributed by atoms with van der Waals surface area (Å²) in [5, 5.41) is 0. The van der Waals surface area contributed by atoms with Gasteiger partial charge in [0.15, 0.2) is 0 Å². The molecule has 1 heterocycles. The molecule has 17 heavy (non-hydrogen) atoms. The van der Waals surface area contributed by atoms with Gasteiger partial charge in [-0.2, -0.15) is 0 Å². The van der Waals surface area contributed by atoms with E-state index in [1.165, 1.54) is 12.0 Å². The summed E-state index contributed by atoms with van der Waals surface area (Å²) in [6.45, 7) is 3.90. The van der Waals surface area contributed by atoms with E-state index in [1.54, 1.807) is 13.8 Å². The predicted octanol–water partition coefficient (Wildman–Crippen LogP) is -0.0405. The van der Waals surface area contributed by atoms with E-state index in [4.69, 9.17) is 0 Å². The number of nitrogens with zero attached hydrogens (tertiary/aromatic N) is 1. The molecule has 0 bridgehead atoms. The number of methoxy groups -OCH3 is 1. The van der Waals surface area contributed by atoms with Crippen LogP contribution in [0.4, 0.5) is 0 Å². The number of likely N-dealkylation sites (tertiary alicyclic amines) is 1. The molecule has 1 rings (SSSR count). The van der Waals surface area contributed by atoms with Gasteiger partial charge in [0.1, 0.15) is 0 Å². The SMILES string of the molecule is CCOC(=O)C(=O)N1CC[C@H](C(=O)OC)[C@@H]1C. The van der Waals surface area contributed by atoms with Gasteiger partial charge in [-0.3, -0.25) is 9.59 Å². The summed E-state index contributed by atoms with van der Waals surface area (Å²) < 4.78 is 9.29. The zero-order chi connectivity index (χ0) is 13.0. The Labute approximate surface area is 99.9 Å². The Morgan fingerprint density at radius 3 is 2.53 bits per heavy atom. The lowest BCUT2D eigenvalue weighted by Gasteiger charge is -2.22. The van der Waals surface area contributed by atoms with Gasteiger partial charge < -0.3 is 14.4 Å². The lowest BCUT2D eigenvalue weighted by molar-refractivity contribution is -0.161. The van der Waals surface area contributed by atoms with Gasteiger partial charge in [-0.05, 0) is 20.3 Å². The van der Waals surface area contributed by atoms with Crippen LogP contribution in [-0.4, -0.2) is 49.0 Å². The van der Waals surface area contributed by atoms with Crippen molar-refractivity contribution in [2.24, 2.45) is 5.92 Å². The molecule has 0 radical (unpaired) electrons. The van der Waals surface area contributed by atoms with Crippen LogP contribution in [0.2, 0.25) is 0 Å². The number of amides is 1. The molecular formula is C11H17NO5. The first kappa shape index (κ1) is 13.5. The fourth-order valence-corrected chi connectivity index (χ4v) is 2.00. The van der Waals surface area contributed by atoms with Crippen LogP contribution in [0.25, 0.3) is 0 Å². The Balaban J connectivity index is 2.66. The van der Waals surface area contributed by atoms with Crippen molar-refractivity contribution in [3.8, 4) is 0 Å². The van der Waals surface area contributed by atoms with Crippen molar-refractivity contribution >= 4 is 17.8 Å². The van der Waals surface area contributed by atoms with Gasteiger partial charge in [0.05, 0.1) is 19.6 Å². The molecule has 0 aromatic rings. The molecule has 0 aromatic carbocycles. The zero-order valence-electron chi connectivity index (χ0n) is 10.3. The van der Waals surface area contributed by atoms with Crippen LogP contribution in [0.15, 0.2) is 0 Å². The van der Waals surface area contributed by atoms with E-state index >= 15 is 0 Å². The summed E-state index contributed by atoms with van der Waals surface area (Å²) >= 11 is 0. The summed E-state index contributed by atoms with van der Waals surface area (Å²) in [6, 6.07) is -0.334. The number of ether oxygens (including phenoxy) is 2. The smallest absolute Gasteiger partial charge is 0.397 e. The van der Waals surface area contributed by atoms with E-state index < -0.39 is 11.9 Å². The quantitative estimate of drug-likeness (QED) is 0.502. The first-order chi connectivity index (χ1) is 8.02. The van der Waals surface area contributed by atoms with Gasteiger partial charge in [-0.15, -0.1) is 0 Å². The third-order valence-corrected chi connectivity index (χ3v) is 2.97. The van der Waals surface area contributed by atoms with Gasteiger partial charge in [0, 0.05) is 12.6 Å². The van der Waals surface area contributed by atoms with Crippen molar-refractivity contribution in [1.82, 2.24) is 4.90 Å². The van der Waals surface area contributed by atoms with E-state index in [2.05, 4.69) is 9.47 Å². The van der Waals surface area contributed by atoms with Crippen molar-refractivity contribution in [3.63, 3.8) is 0 Å². The average molecular weight is 243 g/mol. The monoisotopic (exact) mass is 243 g/mol. The van der Waals surface area contributed by atoms with Crippen molar-refractivity contribution in [1.29, 1.82) is 0 Å². The van der Waals surface area contributed by atoms with Crippen molar-refractivity contribution < 1.29 is 23.9 Å². The number of hydrogen-bond donors (Lipinski definition) is 0. The van der Waals surface area contributed by atoms with Gasteiger partial charge >= 0.3 is 17.8 Å². The van der Waals surface area contributed by atoms with Gasteiger partial charge in [-0.25, -0.2) is 4.79 Å². The largest absolute Gasteiger partial charge is 0.469 e. The maximum absolute atomic E-state index is 11.7.